The summed E-state index contributed by atoms with van der Waals surface area (Å²) in [5.74, 6) is 0.0514. The number of benzene rings is 4. The molecule has 35 heavy (non-hydrogen) atoms. The van der Waals surface area contributed by atoms with Gasteiger partial charge in [0.2, 0.25) is 0 Å². The van der Waals surface area contributed by atoms with Crippen molar-refractivity contribution in [1.29, 1.82) is 0 Å². The Hall–Kier alpha value is -3.97. The molecule has 176 valence electrons. The first-order chi connectivity index (χ1) is 16.9. The van der Waals surface area contributed by atoms with Crippen LogP contribution in [0.15, 0.2) is 94.5 Å². The number of carbonyl (C=O) groups is 2. The van der Waals surface area contributed by atoms with Gasteiger partial charge in [-0.2, -0.15) is 5.10 Å². The van der Waals surface area contributed by atoms with E-state index in [-0.39, 0.29) is 0 Å². The summed E-state index contributed by atoms with van der Waals surface area (Å²) in [6.07, 6.45) is 0.645. The van der Waals surface area contributed by atoms with Gasteiger partial charge in [0, 0.05) is 15.4 Å². The topological polar surface area (TPSA) is 77.0 Å². The first kappa shape index (κ1) is 24.2. The van der Waals surface area contributed by atoms with Gasteiger partial charge in [0.15, 0.2) is 6.10 Å². The number of nitrogens with zero attached hydrogens (tertiary/aromatic N) is 1. The zero-order chi connectivity index (χ0) is 24.8. The van der Waals surface area contributed by atoms with E-state index in [1.165, 1.54) is 6.21 Å². The fraction of sp³-hybridized carbons (Fsp3) is 0.107. The summed E-state index contributed by atoms with van der Waals surface area (Å²) in [6, 6.07) is 25.9. The van der Waals surface area contributed by atoms with Gasteiger partial charge in [-0.3, -0.25) is 4.79 Å². The number of halogens is 1. The van der Waals surface area contributed by atoms with Crippen molar-refractivity contribution in [2.24, 2.45) is 5.10 Å². The highest BCUT2D eigenvalue weighted by atomic mass is 79.9. The highest BCUT2D eigenvalue weighted by Gasteiger charge is 2.16. The molecule has 1 N–H and O–H groups in total. The number of fused-ring (bicyclic) bond motifs is 1. The molecule has 1 atom stereocenters. The predicted octanol–water partition coefficient (Wildman–Crippen LogP) is 6.05. The van der Waals surface area contributed by atoms with Crippen LogP contribution in [0.25, 0.3) is 10.8 Å². The Bertz CT molecular complexity index is 1410. The lowest BCUT2D eigenvalue weighted by molar-refractivity contribution is -0.127. The number of hydrazone groups is 1. The second-order valence-electron chi connectivity index (χ2n) is 7.86. The summed E-state index contributed by atoms with van der Waals surface area (Å²) in [5.41, 5.74) is 4.30. The summed E-state index contributed by atoms with van der Waals surface area (Å²) >= 11 is 3.41. The molecule has 0 aromatic heterocycles. The van der Waals surface area contributed by atoms with Gasteiger partial charge in [0.25, 0.3) is 5.91 Å². The first-order valence-corrected chi connectivity index (χ1v) is 11.8. The van der Waals surface area contributed by atoms with E-state index >= 15 is 0 Å². The van der Waals surface area contributed by atoms with E-state index in [4.69, 9.17) is 9.47 Å². The van der Waals surface area contributed by atoms with Crippen LogP contribution in [-0.4, -0.2) is 24.2 Å². The van der Waals surface area contributed by atoms with E-state index in [1.54, 1.807) is 37.3 Å². The monoisotopic (exact) mass is 530 g/mol. The van der Waals surface area contributed by atoms with Crippen LogP contribution < -0.4 is 14.9 Å². The molecule has 1 unspecified atom stereocenters. The number of amides is 1. The molecule has 7 heteroatoms. The summed E-state index contributed by atoms with van der Waals surface area (Å²) in [7, 11) is 0. The molecule has 0 spiro atoms. The number of carbonyl (C=O) groups excluding carboxylic acids is 2. The zero-order valence-corrected chi connectivity index (χ0v) is 20.8. The summed E-state index contributed by atoms with van der Waals surface area (Å²) < 4.78 is 12.3. The molecule has 0 aliphatic carbocycles. The molecular weight excluding hydrogens is 508 g/mol. The Balaban J connectivity index is 1.44. The number of rotatable bonds is 7. The minimum absolute atomic E-state index is 0.319. The standard InChI is InChI=1S/C28H23BrN2O4/c1-18-8-3-5-11-23(18)28(33)35-25-15-14-22(29)16-21(25)17-30-31-27(32)19(2)34-26-13-7-10-20-9-4-6-12-24(20)26/h3-17,19H,1-2H3,(H,31,32). The van der Waals surface area contributed by atoms with Gasteiger partial charge in [0.05, 0.1) is 11.8 Å². The van der Waals surface area contributed by atoms with E-state index in [9.17, 15) is 9.59 Å². The molecule has 0 aliphatic rings. The number of hydrogen-bond acceptors (Lipinski definition) is 5. The predicted molar refractivity (Wildman–Crippen MR) is 140 cm³/mol. The number of ether oxygens (including phenoxy) is 2. The summed E-state index contributed by atoms with van der Waals surface area (Å²) in [6.45, 7) is 3.50. The smallest absolute Gasteiger partial charge is 0.343 e. The van der Waals surface area contributed by atoms with Crippen LogP contribution in [0.5, 0.6) is 11.5 Å². The van der Waals surface area contributed by atoms with Gasteiger partial charge in [-0.25, -0.2) is 10.2 Å². The third kappa shape index (κ3) is 5.94. The maximum Gasteiger partial charge on any atom is 0.343 e. The van der Waals surface area contributed by atoms with Crippen LogP contribution in [0.2, 0.25) is 0 Å². The van der Waals surface area contributed by atoms with Gasteiger partial charge in [-0.05, 0) is 55.1 Å². The Morgan fingerprint density at radius 2 is 1.69 bits per heavy atom. The van der Waals surface area contributed by atoms with Crippen molar-refractivity contribution in [2.75, 3.05) is 0 Å². The lowest BCUT2D eigenvalue weighted by Gasteiger charge is -2.15. The molecule has 0 heterocycles. The number of nitrogens with one attached hydrogen (secondary N) is 1. The zero-order valence-electron chi connectivity index (χ0n) is 19.2. The van der Waals surface area contributed by atoms with E-state index in [0.717, 1.165) is 20.8 Å². The SMILES string of the molecule is Cc1ccccc1C(=O)Oc1ccc(Br)cc1C=NNC(=O)C(C)Oc1cccc2ccccc12. The molecule has 6 nitrogen and oxygen atoms in total. The van der Waals surface area contributed by atoms with E-state index in [0.29, 0.717) is 22.6 Å². The lowest BCUT2D eigenvalue weighted by atomic mass is 10.1. The number of aryl methyl sites for hydroxylation is 1. The second-order valence-corrected chi connectivity index (χ2v) is 8.77. The third-order valence-corrected chi connectivity index (χ3v) is 5.83. The number of esters is 1. The number of hydrogen-bond donors (Lipinski definition) is 1. The Morgan fingerprint density at radius 3 is 2.51 bits per heavy atom. The van der Waals surface area contributed by atoms with Crippen molar-refractivity contribution >= 4 is 44.8 Å². The molecule has 0 bridgehead atoms. The van der Waals surface area contributed by atoms with Gasteiger partial charge in [-0.15, -0.1) is 0 Å². The highest BCUT2D eigenvalue weighted by Crippen LogP contribution is 2.26. The van der Waals surface area contributed by atoms with E-state index in [2.05, 4.69) is 26.5 Å². The van der Waals surface area contributed by atoms with Crippen molar-refractivity contribution in [3.05, 3.63) is 106 Å². The fourth-order valence-corrected chi connectivity index (χ4v) is 3.85. The molecule has 0 fully saturated rings. The quantitative estimate of drug-likeness (QED) is 0.136. The van der Waals surface area contributed by atoms with Crippen LogP contribution >= 0.6 is 15.9 Å². The van der Waals surface area contributed by atoms with Gasteiger partial charge in [-0.1, -0.05) is 70.5 Å². The van der Waals surface area contributed by atoms with Gasteiger partial charge >= 0.3 is 5.97 Å². The average molecular weight is 531 g/mol. The Morgan fingerprint density at radius 1 is 0.943 bits per heavy atom. The Kier molecular flexibility index (Phi) is 7.57. The fourth-order valence-electron chi connectivity index (χ4n) is 3.47. The summed E-state index contributed by atoms with van der Waals surface area (Å²) in [4.78, 5) is 25.2. The molecule has 4 aromatic carbocycles. The largest absolute Gasteiger partial charge is 0.480 e. The van der Waals surface area contributed by atoms with Crippen LogP contribution in [0.3, 0.4) is 0 Å². The third-order valence-electron chi connectivity index (χ3n) is 5.34. The van der Waals surface area contributed by atoms with Gasteiger partial charge < -0.3 is 9.47 Å². The second kappa shape index (κ2) is 11.0. The van der Waals surface area contributed by atoms with Gasteiger partial charge in [0.1, 0.15) is 11.5 Å². The first-order valence-electron chi connectivity index (χ1n) is 11.0. The molecular formula is C28H23BrN2O4. The van der Waals surface area contributed by atoms with Crippen LogP contribution in [0.4, 0.5) is 0 Å². The van der Waals surface area contributed by atoms with Crippen molar-refractivity contribution in [1.82, 2.24) is 5.43 Å². The van der Waals surface area contributed by atoms with Crippen molar-refractivity contribution in [3.8, 4) is 11.5 Å². The van der Waals surface area contributed by atoms with Crippen LogP contribution in [0.1, 0.15) is 28.4 Å². The normalized spacial score (nSPS) is 11.9. The van der Waals surface area contributed by atoms with Crippen molar-refractivity contribution in [2.45, 2.75) is 20.0 Å². The molecule has 0 aliphatic heterocycles. The van der Waals surface area contributed by atoms with E-state index < -0.39 is 18.0 Å². The molecule has 0 saturated heterocycles. The van der Waals surface area contributed by atoms with Crippen molar-refractivity contribution < 1.29 is 19.1 Å². The van der Waals surface area contributed by atoms with E-state index in [1.807, 2.05) is 61.5 Å². The maximum atomic E-state index is 12.6. The Labute approximate surface area is 211 Å². The maximum absolute atomic E-state index is 12.6. The molecule has 4 rings (SSSR count). The minimum atomic E-state index is -0.779. The van der Waals surface area contributed by atoms with Crippen molar-refractivity contribution in [3.63, 3.8) is 0 Å². The lowest BCUT2D eigenvalue weighted by Crippen LogP contribution is -2.33. The minimum Gasteiger partial charge on any atom is -0.480 e. The molecule has 1 amide bonds. The van der Waals surface area contributed by atoms with Crippen LogP contribution in [0, 0.1) is 6.92 Å². The molecule has 0 radical (unpaired) electrons. The summed E-state index contributed by atoms with van der Waals surface area (Å²) in [5, 5.41) is 6.00. The molecule has 0 saturated carbocycles. The molecule has 4 aromatic rings. The van der Waals surface area contributed by atoms with Crippen LogP contribution in [-0.2, 0) is 4.79 Å². The average Bonchev–Trinajstić information content (AvgIpc) is 2.86. The highest BCUT2D eigenvalue weighted by molar-refractivity contribution is 9.10.